The van der Waals surface area contributed by atoms with Crippen LogP contribution in [0.5, 0.6) is 0 Å². The van der Waals surface area contributed by atoms with Crippen molar-refractivity contribution in [1.82, 2.24) is 20.2 Å². The highest BCUT2D eigenvalue weighted by molar-refractivity contribution is 5.95. The Morgan fingerprint density at radius 3 is 2.50 bits per heavy atom. The van der Waals surface area contributed by atoms with E-state index in [1.807, 2.05) is 34.0 Å². The van der Waals surface area contributed by atoms with E-state index in [9.17, 15) is 9.59 Å². The summed E-state index contributed by atoms with van der Waals surface area (Å²) in [6, 6.07) is 4.99. The quantitative estimate of drug-likeness (QED) is 0.734. The van der Waals surface area contributed by atoms with Crippen LogP contribution in [0.4, 0.5) is 16.2 Å². The number of nitrogens with zero attached hydrogens (tertiary/aromatic N) is 3. The lowest BCUT2D eigenvalue weighted by atomic mass is 10.1. The van der Waals surface area contributed by atoms with Gasteiger partial charge in [-0.1, -0.05) is 6.07 Å². The molecule has 1 aromatic heterocycles. The largest absolute Gasteiger partial charge is 0.332 e. The molecule has 138 valence electrons. The molecule has 0 bridgehead atoms. The number of benzene rings is 1. The first-order valence-corrected chi connectivity index (χ1v) is 8.21. The van der Waals surface area contributed by atoms with Crippen molar-refractivity contribution in [2.75, 3.05) is 31.3 Å². The minimum Gasteiger partial charge on any atom is -0.332 e. The number of carbonyl (C=O) groups is 2. The highest BCUT2D eigenvalue weighted by Crippen LogP contribution is 2.20. The molecule has 0 saturated carbocycles. The predicted molar refractivity (Wildman–Crippen MR) is 101 cm³/mol. The SMILES string of the molecule is Cc1cnc(CNC(=O)Nc2ccc(C)c(NC(=O)CN(C)C)c2)cn1. The molecule has 0 aliphatic rings. The van der Waals surface area contributed by atoms with Gasteiger partial charge in [0.1, 0.15) is 0 Å². The number of urea groups is 1. The summed E-state index contributed by atoms with van der Waals surface area (Å²) in [5.74, 6) is -0.113. The van der Waals surface area contributed by atoms with Gasteiger partial charge in [-0.05, 0) is 45.6 Å². The number of aromatic nitrogens is 2. The van der Waals surface area contributed by atoms with Gasteiger partial charge in [0.05, 0.1) is 30.7 Å². The molecular formula is C18H24N6O2. The first kappa shape index (κ1) is 19.3. The number of likely N-dealkylation sites (N-methyl/N-ethyl adjacent to an activating group) is 1. The summed E-state index contributed by atoms with van der Waals surface area (Å²) in [7, 11) is 3.65. The summed E-state index contributed by atoms with van der Waals surface area (Å²) >= 11 is 0. The van der Waals surface area contributed by atoms with Crippen LogP contribution in [0.2, 0.25) is 0 Å². The van der Waals surface area contributed by atoms with Gasteiger partial charge in [-0.2, -0.15) is 0 Å². The zero-order valence-electron chi connectivity index (χ0n) is 15.5. The normalized spacial score (nSPS) is 10.5. The Morgan fingerprint density at radius 2 is 1.85 bits per heavy atom. The summed E-state index contributed by atoms with van der Waals surface area (Å²) < 4.78 is 0. The number of hydrogen-bond donors (Lipinski definition) is 3. The lowest BCUT2D eigenvalue weighted by molar-refractivity contribution is -0.116. The van der Waals surface area contributed by atoms with E-state index in [4.69, 9.17) is 0 Å². The van der Waals surface area contributed by atoms with Gasteiger partial charge < -0.3 is 20.9 Å². The molecule has 1 heterocycles. The molecule has 2 rings (SSSR count). The van der Waals surface area contributed by atoms with Crippen LogP contribution in [0, 0.1) is 13.8 Å². The van der Waals surface area contributed by atoms with Crippen LogP contribution in [-0.2, 0) is 11.3 Å². The molecule has 0 aliphatic carbocycles. The number of aryl methyl sites for hydroxylation is 2. The van der Waals surface area contributed by atoms with Crippen molar-refractivity contribution < 1.29 is 9.59 Å². The van der Waals surface area contributed by atoms with Crippen LogP contribution >= 0.6 is 0 Å². The van der Waals surface area contributed by atoms with Crippen LogP contribution in [0.3, 0.4) is 0 Å². The highest BCUT2D eigenvalue weighted by Gasteiger charge is 2.08. The molecule has 0 unspecified atom stereocenters. The van der Waals surface area contributed by atoms with Crippen molar-refractivity contribution in [2.24, 2.45) is 0 Å². The molecule has 3 N–H and O–H groups in total. The smallest absolute Gasteiger partial charge is 0.319 e. The second-order valence-electron chi connectivity index (χ2n) is 6.27. The summed E-state index contributed by atoms with van der Waals surface area (Å²) in [5.41, 5.74) is 3.66. The van der Waals surface area contributed by atoms with Gasteiger partial charge >= 0.3 is 6.03 Å². The summed E-state index contributed by atoms with van der Waals surface area (Å²) in [6.45, 7) is 4.31. The zero-order chi connectivity index (χ0) is 19.1. The number of rotatable bonds is 6. The molecule has 1 aromatic carbocycles. The fourth-order valence-electron chi connectivity index (χ4n) is 2.17. The van der Waals surface area contributed by atoms with E-state index in [1.165, 1.54) is 0 Å². The topological polar surface area (TPSA) is 99.2 Å². The molecule has 3 amide bonds. The molecule has 0 radical (unpaired) electrons. The van der Waals surface area contributed by atoms with E-state index < -0.39 is 0 Å². The molecule has 26 heavy (non-hydrogen) atoms. The zero-order valence-corrected chi connectivity index (χ0v) is 15.5. The maximum absolute atomic E-state index is 12.1. The lowest BCUT2D eigenvalue weighted by Crippen LogP contribution is -2.29. The van der Waals surface area contributed by atoms with Gasteiger partial charge in [0, 0.05) is 17.6 Å². The number of anilines is 2. The van der Waals surface area contributed by atoms with Crippen molar-refractivity contribution in [3.63, 3.8) is 0 Å². The van der Waals surface area contributed by atoms with Crippen LogP contribution in [0.25, 0.3) is 0 Å². The maximum Gasteiger partial charge on any atom is 0.319 e. The fraction of sp³-hybridized carbons (Fsp3) is 0.333. The minimum atomic E-state index is -0.359. The van der Waals surface area contributed by atoms with Crippen LogP contribution in [0.15, 0.2) is 30.6 Å². The summed E-state index contributed by atoms with van der Waals surface area (Å²) in [6.07, 6.45) is 3.28. The second-order valence-corrected chi connectivity index (χ2v) is 6.27. The monoisotopic (exact) mass is 356 g/mol. The molecule has 0 atom stereocenters. The second kappa shape index (κ2) is 8.91. The average molecular weight is 356 g/mol. The van der Waals surface area contributed by atoms with E-state index >= 15 is 0 Å². The molecule has 8 heteroatoms. The molecule has 0 spiro atoms. The van der Waals surface area contributed by atoms with Crippen molar-refractivity contribution in [3.8, 4) is 0 Å². The van der Waals surface area contributed by atoms with E-state index in [-0.39, 0.29) is 25.0 Å². The first-order valence-electron chi connectivity index (χ1n) is 8.21. The number of hydrogen-bond acceptors (Lipinski definition) is 5. The van der Waals surface area contributed by atoms with Crippen molar-refractivity contribution in [2.45, 2.75) is 20.4 Å². The Bertz CT molecular complexity index is 774. The van der Waals surface area contributed by atoms with Gasteiger partial charge in [0.15, 0.2) is 0 Å². The third-order valence-electron chi connectivity index (χ3n) is 3.49. The predicted octanol–water partition coefficient (Wildman–Crippen LogP) is 1.92. The Labute approximate surface area is 153 Å². The fourth-order valence-corrected chi connectivity index (χ4v) is 2.17. The van der Waals surface area contributed by atoms with E-state index in [2.05, 4.69) is 25.9 Å². The van der Waals surface area contributed by atoms with Gasteiger partial charge in [0.2, 0.25) is 5.91 Å². The third kappa shape index (κ3) is 6.14. The van der Waals surface area contributed by atoms with Crippen molar-refractivity contribution in [3.05, 3.63) is 47.5 Å². The Balaban J connectivity index is 1.93. The van der Waals surface area contributed by atoms with Gasteiger partial charge in [-0.15, -0.1) is 0 Å². The molecule has 2 aromatic rings. The maximum atomic E-state index is 12.1. The molecule has 0 aliphatic heterocycles. The standard InChI is InChI=1S/C18H24N6O2/c1-12-5-6-14(7-16(12)23-17(25)11-24(3)4)22-18(26)21-10-15-9-19-13(2)8-20-15/h5-9H,10-11H2,1-4H3,(H,23,25)(H2,21,22,26). The summed E-state index contributed by atoms with van der Waals surface area (Å²) in [5, 5.41) is 8.31. The third-order valence-corrected chi connectivity index (χ3v) is 3.49. The molecule has 0 saturated heterocycles. The number of amides is 3. The van der Waals surface area contributed by atoms with Crippen molar-refractivity contribution >= 4 is 23.3 Å². The minimum absolute atomic E-state index is 0.113. The van der Waals surface area contributed by atoms with Crippen LogP contribution in [0.1, 0.15) is 17.0 Å². The number of carbonyl (C=O) groups excluding carboxylic acids is 2. The van der Waals surface area contributed by atoms with E-state index in [0.717, 1.165) is 11.3 Å². The van der Waals surface area contributed by atoms with Gasteiger partial charge in [0.25, 0.3) is 0 Å². The lowest BCUT2D eigenvalue weighted by Gasteiger charge is -2.14. The molecule has 0 fully saturated rings. The first-order chi connectivity index (χ1) is 12.3. The highest BCUT2D eigenvalue weighted by atomic mass is 16.2. The van der Waals surface area contributed by atoms with Gasteiger partial charge in [-0.3, -0.25) is 14.8 Å². The van der Waals surface area contributed by atoms with E-state index in [0.29, 0.717) is 17.1 Å². The van der Waals surface area contributed by atoms with Crippen LogP contribution < -0.4 is 16.0 Å². The summed E-state index contributed by atoms with van der Waals surface area (Å²) in [4.78, 5) is 34.1. The number of nitrogens with one attached hydrogen (secondary N) is 3. The molecule has 8 nitrogen and oxygen atoms in total. The van der Waals surface area contributed by atoms with Crippen LogP contribution in [-0.4, -0.2) is 47.4 Å². The Kier molecular flexibility index (Phi) is 6.62. The Hall–Kier alpha value is -3.00. The molecular weight excluding hydrogens is 332 g/mol. The Morgan fingerprint density at radius 1 is 1.08 bits per heavy atom. The van der Waals surface area contributed by atoms with Gasteiger partial charge in [-0.25, -0.2) is 4.79 Å². The van der Waals surface area contributed by atoms with E-state index in [1.54, 1.807) is 29.4 Å². The average Bonchev–Trinajstić information content (AvgIpc) is 2.56. The van der Waals surface area contributed by atoms with Crippen molar-refractivity contribution in [1.29, 1.82) is 0 Å².